The number of nitrogens with zero attached hydrogens (tertiary/aromatic N) is 5. The van der Waals surface area contributed by atoms with E-state index in [9.17, 15) is 9.59 Å². The van der Waals surface area contributed by atoms with Crippen molar-refractivity contribution in [3.63, 3.8) is 0 Å². The molecule has 0 fully saturated rings. The predicted octanol–water partition coefficient (Wildman–Crippen LogP) is 4.16. The summed E-state index contributed by atoms with van der Waals surface area (Å²) in [4.78, 5) is 30.3. The van der Waals surface area contributed by atoms with Gasteiger partial charge in [0.05, 0.1) is 0 Å². The third kappa shape index (κ3) is 5.70. The number of hydrogen-bond donors (Lipinski definition) is 0. The molecule has 0 spiro atoms. The molecule has 158 valence electrons. The van der Waals surface area contributed by atoms with Gasteiger partial charge in [-0.15, -0.1) is 0 Å². The quantitative estimate of drug-likeness (QED) is 0.777. The highest BCUT2D eigenvalue weighted by Crippen LogP contribution is 2.18. The van der Waals surface area contributed by atoms with Gasteiger partial charge < -0.3 is 4.90 Å². The first-order chi connectivity index (χ1) is 13.8. The molecule has 0 aliphatic carbocycles. The van der Waals surface area contributed by atoms with Gasteiger partial charge in [0.2, 0.25) is 5.43 Å². The lowest BCUT2D eigenvalue weighted by Gasteiger charge is -2.35. The first kappa shape index (κ1) is 23.9. The molecule has 0 radical (unpaired) electrons. The van der Waals surface area contributed by atoms with Gasteiger partial charge in [0.15, 0.2) is 5.65 Å². The van der Waals surface area contributed by atoms with Crippen LogP contribution in [0.2, 0.25) is 0 Å². The van der Waals surface area contributed by atoms with E-state index in [0.717, 1.165) is 0 Å². The monoisotopic (exact) mass is 399 g/mol. The minimum atomic E-state index is -0.0509. The molecule has 0 bridgehead atoms. The third-order valence-corrected chi connectivity index (χ3v) is 4.04. The van der Waals surface area contributed by atoms with E-state index < -0.39 is 0 Å². The van der Waals surface area contributed by atoms with Crippen LogP contribution in [-0.4, -0.2) is 35.9 Å². The van der Waals surface area contributed by atoms with Crippen LogP contribution in [0.3, 0.4) is 0 Å². The number of rotatable bonds is 3. The second-order valence-electron chi connectivity index (χ2n) is 6.67. The number of imidazole rings is 1. The number of allylic oxidation sites excluding steroid dienone is 1. The van der Waals surface area contributed by atoms with E-state index in [1.165, 1.54) is 0 Å². The van der Waals surface area contributed by atoms with E-state index in [1.807, 2.05) is 36.4 Å². The molecule has 1 aliphatic heterocycles. The molecule has 2 aromatic heterocycles. The molecule has 0 aromatic carbocycles. The number of carbonyl (C=O) groups is 1. The van der Waals surface area contributed by atoms with Gasteiger partial charge in [0.25, 0.3) is 5.91 Å². The van der Waals surface area contributed by atoms with Crippen molar-refractivity contribution < 1.29 is 4.79 Å². The Morgan fingerprint density at radius 2 is 1.72 bits per heavy atom. The Hall–Kier alpha value is -3.09. The molecule has 29 heavy (non-hydrogen) atoms. The number of carbonyl (C=O) groups excluding carboxylic acids is 1. The zero-order chi connectivity index (χ0) is 22.1. The second-order valence-corrected chi connectivity index (χ2v) is 6.67. The molecule has 0 atom stereocenters. The van der Waals surface area contributed by atoms with Gasteiger partial charge in [-0.2, -0.15) is 0 Å². The topological polar surface area (TPSA) is 62.9 Å². The van der Waals surface area contributed by atoms with E-state index >= 15 is 0 Å². The van der Waals surface area contributed by atoms with E-state index in [1.54, 1.807) is 52.5 Å². The SMILES string of the molecule is C=C1N(/C=C\C)C(=O)C=CN1C(C)C.CC.CC(C)n1ccc(=O)c2nccn21. The summed E-state index contributed by atoms with van der Waals surface area (Å²) in [5, 5.41) is 0. The predicted molar refractivity (Wildman–Crippen MR) is 118 cm³/mol. The largest absolute Gasteiger partial charge is 0.332 e. The summed E-state index contributed by atoms with van der Waals surface area (Å²) in [5.74, 6) is 0.649. The molecule has 2 aromatic rings. The number of aromatic nitrogens is 3. The summed E-state index contributed by atoms with van der Waals surface area (Å²) in [6.45, 7) is 18.0. The van der Waals surface area contributed by atoms with Gasteiger partial charge in [-0.05, 0) is 34.6 Å². The Bertz CT molecular complexity index is 934. The average molecular weight is 400 g/mol. The van der Waals surface area contributed by atoms with Crippen LogP contribution in [0.5, 0.6) is 0 Å². The van der Waals surface area contributed by atoms with Crippen molar-refractivity contribution >= 4 is 11.6 Å². The van der Waals surface area contributed by atoms with Crippen molar-refractivity contribution in [3.8, 4) is 0 Å². The Kier molecular flexibility index (Phi) is 9.12. The molecule has 0 N–H and O–H groups in total. The lowest BCUT2D eigenvalue weighted by atomic mass is 10.3. The van der Waals surface area contributed by atoms with Gasteiger partial charge in [-0.1, -0.05) is 26.5 Å². The fourth-order valence-corrected chi connectivity index (χ4v) is 2.71. The van der Waals surface area contributed by atoms with Crippen LogP contribution in [0, 0.1) is 0 Å². The van der Waals surface area contributed by atoms with E-state index in [2.05, 4.69) is 39.3 Å². The average Bonchev–Trinajstić information content (AvgIpc) is 3.17. The standard InChI is InChI=1S/C11H16N2O.C9H11N3O.C2H6/c1-5-7-13-10(4)12(9(2)3)8-6-11(13)14;1-7(2)11-5-3-8(13)9-10-4-6-12(9)11;1-2/h5-9H,4H2,1-3H3;3-7H,1-2H3;1-2H3/b7-5-;;. The van der Waals surface area contributed by atoms with Gasteiger partial charge in [0, 0.05) is 55.2 Å². The molecule has 0 unspecified atom stereocenters. The molecule has 0 saturated heterocycles. The van der Waals surface area contributed by atoms with Gasteiger partial charge >= 0.3 is 0 Å². The van der Waals surface area contributed by atoms with Crippen LogP contribution in [0.1, 0.15) is 54.5 Å². The maximum absolute atomic E-state index is 11.5. The van der Waals surface area contributed by atoms with Crippen LogP contribution >= 0.6 is 0 Å². The second kappa shape index (κ2) is 11.0. The van der Waals surface area contributed by atoms with Crippen LogP contribution in [0.15, 0.2) is 66.4 Å². The van der Waals surface area contributed by atoms with E-state index in [-0.39, 0.29) is 11.3 Å². The Morgan fingerprint density at radius 3 is 2.28 bits per heavy atom. The summed E-state index contributed by atoms with van der Waals surface area (Å²) >= 11 is 0. The molecular formula is C22H33N5O2. The zero-order valence-electron chi connectivity index (χ0n) is 18.5. The minimum Gasteiger partial charge on any atom is -0.332 e. The summed E-state index contributed by atoms with van der Waals surface area (Å²) in [6.07, 6.45) is 12.1. The molecular weight excluding hydrogens is 366 g/mol. The highest BCUT2D eigenvalue weighted by molar-refractivity contribution is 5.90. The Labute approximate surface area is 173 Å². The molecule has 3 heterocycles. The van der Waals surface area contributed by atoms with Crippen molar-refractivity contribution in [2.45, 2.75) is 60.5 Å². The van der Waals surface area contributed by atoms with Crippen LogP contribution < -0.4 is 5.43 Å². The van der Waals surface area contributed by atoms with Gasteiger partial charge in [0.1, 0.15) is 5.82 Å². The highest BCUT2D eigenvalue weighted by Gasteiger charge is 2.22. The van der Waals surface area contributed by atoms with Gasteiger partial charge in [-0.3, -0.25) is 19.2 Å². The van der Waals surface area contributed by atoms with Crippen molar-refractivity contribution in [2.24, 2.45) is 0 Å². The molecule has 3 rings (SSSR count). The normalized spacial score (nSPS) is 13.8. The summed E-state index contributed by atoms with van der Waals surface area (Å²) in [6, 6.07) is 2.17. The number of amides is 1. The Balaban J connectivity index is 0.000000268. The molecule has 1 aliphatic rings. The first-order valence-corrected chi connectivity index (χ1v) is 9.93. The van der Waals surface area contributed by atoms with Gasteiger partial charge in [-0.25, -0.2) is 9.50 Å². The van der Waals surface area contributed by atoms with Crippen LogP contribution in [-0.2, 0) is 4.79 Å². The third-order valence-electron chi connectivity index (χ3n) is 4.04. The summed E-state index contributed by atoms with van der Waals surface area (Å²) in [5.41, 5.74) is 0.443. The Morgan fingerprint density at radius 1 is 1.07 bits per heavy atom. The van der Waals surface area contributed by atoms with Crippen molar-refractivity contribution in [3.05, 3.63) is 71.8 Å². The number of hydrogen-bond acceptors (Lipinski definition) is 4. The number of fused-ring (bicyclic) bond motifs is 1. The fourth-order valence-electron chi connectivity index (χ4n) is 2.71. The van der Waals surface area contributed by atoms with Crippen molar-refractivity contribution in [1.29, 1.82) is 0 Å². The maximum atomic E-state index is 11.5. The fraction of sp³-hybridized carbons (Fsp3) is 0.409. The summed E-state index contributed by atoms with van der Waals surface area (Å²) in [7, 11) is 0. The van der Waals surface area contributed by atoms with E-state index in [0.29, 0.717) is 23.6 Å². The van der Waals surface area contributed by atoms with Crippen molar-refractivity contribution in [1.82, 2.24) is 24.0 Å². The van der Waals surface area contributed by atoms with Crippen molar-refractivity contribution in [2.75, 3.05) is 0 Å². The molecule has 7 heteroatoms. The molecule has 1 amide bonds. The lowest BCUT2D eigenvalue weighted by molar-refractivity contribution is -0.123. The zero-order valence-corrected chi connectivity index (χ0v) is 18.5. The smallest absolute Gasteiger partial charge is 0.257 e. The summed E-state index contributed by atoms with van der Waals surface area (Å²) < 4.78 is 3.73. The van der Waals surface area contributed by atoms with E-state index in [4.69, 9.17) is 0 Å². The maximum Gasteiger partial charge on any atom is 0.257 e. The molecule has 0 saturated carbocycles. The minimum absolute atomic E-state index is 0.0399. The highest BCUT2D eigenvalue weighted by atomic mass is 16.2. The molecule has 7 nitrogen and oxygen atoms in total. The van der Waals surface area contributed by atoms with Crippen LogP contribution in [0.4, 0.5) is 0 Å². The first-order valence-electron chi connectivity index (χ1n) is 9.93. The lowest BCUT2D eigenvalue weighted by Crippen LogP contribution is -2.39. The van der Waals surface area contributed by atoms with Crippen LogP contribution in [0.25, 0.3) is 5.65 Å².